The highest BCUT2D eigenvalue weighted by molar-refractivity contribution is 7.10. The number of rotatable bonds is 3. The number of carbonyl (C=O) groups is 1. The van der Waals surface area contributed by atoms with E-state index in [1.54, 1.807) is 23.6 Å². The van der Waals surface area contributed by atoms with Gasteiger partial charge in [0.25, 0.3) is 5.56 Å². The molecule has 134 valence electrons. The molecule has 0 bridgehead atoms. The van der Waals surface area contributed by atoms with E-state index in [1.165, 1.54) is 15.3 Å². The number of esters is 1. The van der Waals surface area contributed by atoms with Crippen molar-refractivity contribution in [2.24, 2.45) is 5.92 Å². The summed E-state index contributed by atoms with van der Waals surface area (Å²) in [4.78, 5) is 30.4. The molecule has 0 radical (unpaired) electrons. The van der Waals surface area contributed by atoms with Gasteiger partial charge >= 0.3 is 5.97 Å². The first kappa shape index (κ1) is 17.0. The quantitative estimate of drug-likeness (QED) is 0.664. The molecule has 0 N–H and O–H groups in total. The Morgan fingerprint density at radius 1 is 1.42 bits per heavy atom. The molecule has 1 aliphatic carbocycles. The zero-order valence-electron chi connectivity index (χ0n) is 14.8. The van der Waals surface area contributed by atoms with Crippen LogP contribution in [0, 0.1) is 12.8 Å². The van der Waals surface area contributed by atoms with Gasteiger partial charge in [-0.05, 0) is 49.3 Å². The monoisotopic (exact) mass is 368 g/mol. The van der Waals surface area contributed by atoms with Gasteiger partial charge in [0.15, 0.2) is 0 Å². The van der Waals surface area contributed by atoms with Crippen molar-refractivity contribution in [2.45, 2.75) is 39.7 Å². The first-order valence-electron chi connectivity index (χ1n) is 8.76. The summed E-state index contributed by atoms with van der Waals surface area (Å²) in [7, 11) is 0. The van der Waals surface area contributed by atoms with Gasteiger partial charge in [-0.3, -0.25) is 9.20 Å². The molecule has 0 unspecified atom stereocenters. The largest absolute Gasteiger partial charge is 0.456 e. The van der Waals surface area contributed by atoms with Crippen molar-refractivity contribution in [1.29, 1.82) is 0 Å². The van der Waals surface area contributed by atoms with E-state index in [-0.39, 0.29) is 18.1 Å². The molecular weight excluding hydrogens is 348 g/mol. The van der Waals surface area contributed by atoms with Gasteiger partial charge in [-0.1, -0.05) is 13.0 Å². The van der Waals surface area contributed by atoms with Crippen molar-refractivity contribution >= 4 is 23.0 Å². The zero-order valence-corrected chi connectivity index (χ0v) is 15.6. The number of ether oxygens (including phenoxy) is 1. The Bertz CT molecular complexity index is 1050. The number of hydrogen-bond donors (Lipinski definition) is 0. The number of thiophene rings is 1. The van der Waals surface area contributed by atoms with E-state index in [9.17, 15) is 9.59 Å². The van der Waals surface area contributed by atoms with Gasteiger partial charge in [0.2, 0.25) is 0 Å². The van der Waals surface area contributed by atoms with Crippen LogP contribution in [-0.2, 0) is 24.2 Å². The molecule has 3 aromatic heterocycles. The summed E-state index contributed by atoms with van der Waals surface area (Å²) in [5.74, 6) is 0.339. The Morgan fingerprint density at radius 2 is 2.27 bits per heavy atom. The maximum Gasteiger partial charge on any atom is 0.339 e. The third-order valence-corrected chi connectivity index (χ3v) is 5.88. The lowest BCUT2D eigenvalue weighted by Gasteiger charge is -2.18. The van der Waals surface area contributed by atoms with Gasteiger partial charge in [0.1, 0.15) is 12.3 Å². The van der Waals surface area contributed by atoms with Crippen molar-refractivity contribution in [2.75, 3.05) is 0 Å². The van der Waals surface area contributed by atoms with Gasteiger partial charge in [-0.15, -0.1) is 11.3 Å². The fourth-order valence-corrected chi connectivity index (χ4v) is 4.63. The van der Waals surface area contributed by atoms with Crippen LogP contribution < -0.4 is 5.56 Å². The fraction of sp³-hybridized carbons (Fsp3) is 0.350. The Labute approximate surface area is 155 Å². The second-order valence-corrected chi connectivity index (χ2v) is 7.96. The number of aryl methyl sites for hydroxylation is 1. The fourth-order valence-electron chi connectivity index (χ4n) is 3.40. The number of hydrogen-bond acceptors (Lipinski definition) is 5. The molecule has 0 spiro atoms. The van der Waals surface area contributed by atoms with Gasteiger partial charge < -0.3 is 4.74 Å². The van der Waals surface area contributed by atoms with Crippen LogP contribution in [0.3, 0.4) is 0 Å². The molecule has 0 fully saturated rings. The zero-order chi connectivity index (χ0) is 18.3. The van der Waals surface area contributed by atoms with Crippen LogP contribution >= 0.6 is 11.3 Å². The highest BCUT2D eigenvalue weighted by Gasteiger charge is 2.24. The molecule has 0 amide bonds. The third-order valence-electron chi connectivity index (χ3n) is 4.83. The molecule has 6 heteroatoms. The summed E-state index contributed by atoms with van der Waals surface area (Å²) in [6.45, 7) is 4.16. The van der Waals surface area contributed by atoms with Gasteiger partial charge in [0, 0.05) is 22.5 Å². The molecule has 26 heavy (non-hydrogen) atoms. The molecule has 5 nitrogen and oxygen atoms in total. The summed E-state index contributed by atoms with van der Waals surface area (Å²) >= 11 is 1.64. The van der Waals surface area contributed by atoms with E-state index in [0.29, 0.717) is 22.8 Å². The maximum atomic E-state index is 12.5. The van der Waals surface area contributed by atoms with Crippen LogP contribution in [0.4, 0.5) is 0 Å². The topological polar surface area (TPSA) is 60.7 Å². The van der Waals surface area contributed by atoms with Crippen molar-refractivity contribution in [3.8, 4) is 0 Å². The SMILES string of the molecule is Cc1ccc2nc(COC(=O)c3csc4c3CC[C@@H](C)C4)cc(=O)n2c1. The van der Waals surface area contributed by atoms with Crippen LogP contribution in [-0.4, -0.2) is 15.4 Å². The molecule has 3 heterocycles. The van der Waals surface area contributed by atoms with Crippen LogP contribution in [0.1, 0.15) is 45.4 Å². The van der Waals surface area contributed by atoms with Crippen LogP contribution in [0.25, 0.3) is 5.65 Å². The number of carbonyl (C=O) groups excluding carboxylic acids is 1. The summed E-state index contributed by atoms with van der Waals surface area (Å²) in [6.07, 6.45) is 4.82. The van der Waals surface area contributed by atoms with Crippen molar-refractivity contribution in [3.63, 3.8) is 0 Å². The first-order chi connectivity index (χ1) is 12.5. The maximum absolute atomic E-state index is 12.5. The molecule has 0 saturated carbocycles. The van der Waals surface area contributed by atoms with Crippen LogP contribution in [0.15, 0.2) is 34.6 Å². The highest BCUT2D eigenvalue weighted by atomic mass is 32.1. The van der Waals surface area contributed by atoms with Gasteiger partial charge in [-0.2, -0.15) is 0 Å². The van der Waals surface area contributed by atoms with E-state index >= 15 is 0 Å². The summed E-state index contributed by atoms with van der Waals surface area (Å²) in [5, 5.41) is 1.90. The lowest BCUT2D eigenvalue weighted by molar-refractivity contribution is 0.0466. The van der Waals surface area contributed by atoms with E-state index in [4.69, 9.17) is 4.74 Å². The normalized spacial score (nSPS) is 16.5. The Hall–Kier alpha value is -2.47. The lowest BCUT2D eigenvalue weighted by Crippen LogP contribution is -2.17. The van der Waals surface area contributed by atoms with Gasteiger partial charge in [0.05, 0.1) is 11.3 Å². The second-order valence-electron chi connectivity index (χ2n) is 7.00. The van der Waals surface area contributed by atoms with E-state index < -0.39 is 0 Å². The summed E-state index contributed by atoms with van der Waals surface area (Å²) in [6, 6.07) is 5.11. The minimum atomic E-state index is -0.331. The minimum absolute atomic E-state index is 0.000523. The van der Waals surface area contributed by atoms with E-state index in [2.05, 4.69) is 11.9 Å². The Balaban J connectivity index is 1.53. The van der Waals surface area contributed by atoms with Crippen molar-refractivity contribution in [3.05, 3.63) is 67.4 Å². The van der Waals surface area contributed by atoms with Crippen molar-refractivity contribution in [1.82, 2.24) is 9.38 Å². The Kier molecular flexibility index (Phi) is 4.36. The van der Waals surface area contributed by atoms with Crippen molar-refractivity contribution < 1.29 is 9.53 Å². The van der Waals surface area contributed by atoms with Crippen LogP contribution in [0.2, 0.25) is 0 Å². The lowest BCUT2D eigenvalue weighted by atomic mass is 9.88. The number of aromatic nitrogens is 2. The second kappa shape index (κ2) is 6.68. The molecule has 0 saturated heterocycles. The van der Waals surface area contributed by atoms with Gasteiger partial charge in [-0.25, -0.2) is 9.78 Å². The Morgan fingerprint density at radius 3 is 3.12 bits per heavy atom. The molecule has 1 atom stereocenters. The van der Waals surface area contributed by atoms with E-state index in [0.717, 1.165) is 30.4 Å². The van der Waals surface area contributed by atoms with E-state index in [1.807, 2.05) is 18.4 Å². The number of pyridine rings is 1. The third kappa shape index (κ3) is 3.17. The predicted octanol–water partition coefficient (Wildman–Crippen LogP) is 3.55. The molecular formula is C20H20N2O3S. The standard InChI is InChI=1S/C20H20N2O3S/c1-12-3-5-15-16(11-26-17(15)7-12)20(24)25-10-14-8-19(23)22-9-13(2)4-6-18(22)21-14/h4,6,8-9,11-12H,3,5,7,10H2,1-2H3/t12-/m1/s1. The predicted molar refractivity (Wildman–Crippen MR) is 101 cm³/mol. The summed E-state index contributed by atoms with van der Waals surface area (Å²) < 4.78 is 6.95. The molecule has 0 aromatic carbocycles. The molecule has 4 rings (SSSR count). The minimum Gasteiger partial charge on any atom is -0.456 e. The first-order valence-corrected chi connectivity index (χ1v) is 9.64. The smallest absolute Gasteiger partial charge is 0.339 e. The molecule has 3 aromatic rings. The average molecular weight is 368 g/mol. The summed E-state index contributed by atoms with van der Waals surface area (Å²) in [5.41, 5.74) is 3.63. The molecule has 1 aliphatic rings. The number of fused-ring (bicyclic) bond motifs is 2. The highest BCUT2D eigenvalue weighted by Crippen LogP contribution is 2.33. The molecule has 0 aliphatic heterocycles. The average Bonchev–Trinajstić information content (AvgIpc) is 3.03. The van der Waals surface area contributed by atoms with Crippen LogP contribution in [0.5, 0.6) is 0 Å². The number of nitrogens with zero attached hydrogens (tertiary/aromatic N) is 2.